The van der Waals surface area contributed by atoms with Gasteiger partial charge in [-0.15, -0.1) is 0 Å². The first-order chi connectivity index (χ1) is 11.7. The van der Waals surface area contributed by atoms with Crippen LogP contribution in [-0.2, 0) is 11.3 Å². The smallest absolute Gasteiger partial charge is 0.411 e. The minimum absolute atomic E-state index is 0.480. The second-order valence-electron chi connectivity index (χ2n) is 5.19. The Balaban J connectivity index is 1.68. The number of hydrogen-bond acceptors (Lipinski definition) is 4. The molecule has 1 amide bonds. The van der Waals surface area contributed by atoms with Gasteiger partial charge in [0.1, 0.15) is 11.0 Å². The van der Waals surface area contributed by atoms with Crippen LogP contribution in [0.5, 0.6) is 0 Å². The molecule has 6 heteroatoms. The number of amides is 1. The molecule has 5 nitrogen and oxygen atoms in total. The van der Waals surface area contributed by atoms with Crippen LogP contribution in [0.2, 0.25) is 5.15 Å². The largest absolute Gasteiger partial charge is 0.453 e. The predicted molar refractivity (Wildman–Crippen MR) is 96.5 cm³/mol. The van der Waals surface area contributed by atoms with Crippen molar-refractivity contribution < 1.29 is 9.53 Å². The fourth-order valence-corrected chi connectivity index (χ4v) is 2.58. The molecule has 0 bridgehead atoms. The monoisotopic (exact) mass is 341 g/mol. The maximum Gasteiger partial charge on any atom is 0.411 e. The van der Waals surface area contributed by atoms with Crippen molar-refractivity contribution in [2.75, 3.05) is 17.7 Å². The number of benzene rings is 2. The Labute approximate surface area is 144 Å². The van der Waals surface area contributed by atoms with E-state index in [0.717, 1.165) is 22.2 Å². The van der Waals surface area contributed by atoms with E-state index in [1.165, 1.54) is 7.11 Å². The van der Waals surface area contributed by atoms with Crippen molar-refractivity contribution in [3.8, 4) is 0 Å². The van der Waals surface area contributed by atoms with Gasteiger partial charge in [-0.2, -0.15) is 0 Å². The SMILES string of the molecule is COC(=O)Nc1ccc(CNc2cc3ccccc3c(Cl)n2)cc1. The van der Waals surface area contributed by atoms with E-state index in [4.69, 9.17) is 11.6 Å². The predicted octanol–water partition coefficient (Wildman–Crippen LogP) is 4.68. The number of aromatic nitrogens is 1. The molecule has 0 aliphatic carbocycles. The van der Waals surface area contributed by atoms with E-state index in [9.17, 15) is 4.79 Å². The van der Waals surface area contributed by atoms with Crippen LogP contribution in [0.15, 0.2) is 54.6 Å². The Kier molecular flexibility index (Phi) is 4.82. The normalized spacial score (nSPS) is 10.4. The van der Waals surface area contributed by atoms with E-state index in [0.29, 0.717) is 17.4 Å². The number of nitrogens with one attached hydrogen (secondary N) is 2. The summed E-state index contributed by atoms with van der Waals surface area (Å²) in [6, 6.07) is 17.3. The van der Waals surface area contributed by atoms with Crippen molar-refractivity contribution >= 4 is 40.0 Å². The third kappa shape index (κ3) is 3.75. The van der Waals surface area contributed by atoms with Gasteiger partial charge in [-0.05, 0) is 29.1 Å². The summed E-state index contributed by atoms with van der Waals surface area (Å²) in [7, 11) is 1.33. The molecular formula is C18H16ClN3O2. The minimum atomic E-state index is -0.490. The molecule has 0 aliphatic rings. The Morgan fingerprint density at radius 1 is 1.17 bits per heavy atom. The second-order valence-corrected chi connectivity index (χ2v) is 5.54. The first kappa shape index (κ1) is 16.1. The molecular weight excluding hydrogens is 326 g/mol. The molecule has 24 heavy (non-hydrogen) atoms. The molecule has 2 aromatic carbocycles. The molecule has 0 unspecified atom stereocenters. The van der Waals surface area contributed by atoms with Gasteiger partial charge in [0.05, 0.1) is 7.11 Å². The maximum absolute atomic E-state index is 11.1. The average molecular weight is 342 g/mol. The standard InChI is InChI=1S/C18H16ClN3O2/c1-24-18(23)21-14-8-6-12(7-9-14)11-20-16-10-13-4-2-3-5-15(13)17(19)22-16/h2-10H,11H2,1H3,(H,20,22)(H,21,23). The number of methoxy groups -OCH3 is 1. The molecule has 0 saturated carbocycles. The number of pyridine rings is 1. The van der Waals surface area contributed by atoms with E-state index in [1.54, 1.807) is 0 Å². The molecule has 122 valence electrons. The van der Waals surface area contributed by atoms with Gasteiger partial charge in [0.15, 0.2) is 0 Å². The number of carbonyl (C=O) groups is 1. The van der Waals surface area contributed by atoms with Crippen molar-refractivity contribution in [1.82, 2.24) is 4.98 Å². The number of ether oxygens (including phenoxy) is 1. The second kappa shape index (κ2) is 7.19. The summed E-state index contributed by atoms with van der Waals surface area (Å²) >= 11 is 6.22. The van der Waals surface area contributed by atoms with Crippen LogP contribution >= 0.6 is 11.6 Å². The van der Waals surface area contributed by atoms with Crippen LogP contribution in [0.3, 0.4) is 0 Å². The highest BCUT2D eigenvalue weighted by molar-refractivity contribution is 6.34. The fraction of sp³-hybridized carbons (Fsp3) is 0.111. The maximum atomic E-state index is 11.1. The van der Waals surface area contributed by atoms with Crippen molar-refractivity contribution in [2.24, 2.45) is 0 Å². The van der Waals surface area contributed by atoms with E-state index in [1.807, 2.05) is 54.6 Å². The van der Waals surface area contributed by atoms with Crippen LogP contribution in [0, 0.1) is 0 Å². The van der Waals surface area contributed by atoms with E-state index < -0.39 is 6.09 Å². The zero-order valence-corrected chi connectivity index (χ0v) is 13.8. The summed E-state index contributed by atoms with van der Waals surface area (Å²) in [5, 5.41) is 8.32. The summed E-state index contributed by atoms with van der Waals surface area (Å²) in [5.74, 6) is 0.718. The molecule has 0 aliphatic heterocycles. The molecule has 2 N–H and O–H groups in total. The topological polar surface area (TPSA) is 63.2 Å². The molecule has 0 radical (unpaired) electrons. The zero-order valence-electron chi connectivity index (χ0n) is 13.0. The zero-order chi connectivity index (χ0) is 16.9. The number of fused-ring (bicyclic) bond motifs is 1. The summed E-state index contributed by atoms with van der Waals surface area (Å²) in [6.07, 6.45) is -0.490. The van der Waals surface area contributed by atoms with E-state index >= 15 is 0 Å². The van der Waals surface area contributed by atoms with Gasteiger partial charge in [0, 0.05) is 17.6 Å². The lowest BCUT2D eigenvalue weighted by molar-refractivity contribution is 0.187. The van der Waals surface area contributed by atoms with Crippen molar-refractivity contribution in [2.45, 2.75) is 6.54 Å². The molecule has 0 saturated heterocycles. The number of nitrogens with zero attached hydrogens (tertiary/aromatic N) is 1. The van der Waals surface area contributed by atoms with Gasteiger partial charge in [-0.3, -0.25) is 5.32 Å². The van der Waals surface area contributed by atoms with Gasteiger partial charge in [0.25, 0.3) is 0 Å². The van der Waals surface area contributed by atoms with Crippen LogP contribution in [-0.4, -0.2) is 18.2 Å². The molecule has 0 fully saturated rings. The highest BCUT2D eigenvalue weighted by atomic mass is 35.5. The number of halogens is 1. The quantitative estimate of drug-likeness (QED) is 0.676. The van der Waals surface area contributed by atoms with E-state index in [2.05, 4.69) is 20.4 Å². The number of hydrogen-bond donors (Lipinski definition) is 2. The third-order valence-corrected chi connectivity index (χ3v) is 3.84. The lowest BCUT2D eigenvalue weighted by Crippen LogP contribution is -2.10. The Morgan fingerprint density at radius 2 is 1.92 bits per heavy atom. The molecule has 3 aromatic rings. The lowest BCUT2D eigenvalue weighted by Gasteiger charge is -2.09. The molecule has 3 rings (SSSR count). The Morgan fingerprint density at radius 3 is 2.67 bits per heavy atom. The van der Waals surface area contributed by atoms with Gasteiger partial charge in [-0.25, -0.2) is 9.78 Å². The van der Waals surface area contributed by atoms with Crippen LogP contribution in [0.4, 0.5) is 16.3 Å². The first-order valence-electron chi connectivity index (χ1n) is 7.39. The average Bonchev–Trinajstić information content (AvgIpc) is 2.61. The van der Waals surface area contributed by atoms with E-state index in [-0.39, 0.29) is 0 Å². The minimum Gasteiger partial charge on any atom is -0.453 e. The molecule has 1 heterocycles. The number of anilines is 2. The highest BCUT2D eigenvalue weighted by Crippen LogP contribution is 2.24. The van der Waals surface area contributed by atoms with Crippen molar-refractivity contribution in [1.29, 1.82) is 0 Å². The first-order valence-corrected chi connectivity index (χ1v) is 7.76. The summed E-state index contributed by atoms with van der Waals surface area (Å²) in [4.78, 5) is 15.5. The lowest BCUT2D eigenvalue weighted by atomic mass is 10.1. The third-order valence-electron chi connectivity index (χ3n) is 3.55. The van der Waals surface area contributed by atoms with Gasteiger partial charge >= 0.3 is 6.09 Å². The fourth-order valence-electron chi connectivity index (χ4n) is 2.31. The van der Waals surface area contributed by atoms with Crippen LogP contribution < -0.4 is 10.6 Å². The number of carbonyl (C=O) groups excluding carboxylic acids is 1. The van der Waals surface area contributed by atoms with Gasteiger partial charge in [0.2, 0.25) is 0 Å². The summed E-state index contributed by atoms with van der Waals surface area (Å²) in [5.41, 5.74) is 1.73. The van der Waals surface area contributed by atoms with Crippen molar-refractivity contribution in [3.05, 3.63) is 65.3 Å². The number of rotatable bonds is 4. The Bertz CT molecular complexity index is 866. The summed E-state index contributed by atoms with van der Waals surface area (Å²) < 4.78 is 4.55. The molecule has 0 atom stereocenters. The molecule has 0 spiro atoms. The van der Waals surface area contributed by atoms with Crippen LogP contribution in [0.1, 0.15) is 5.56 Å². The van der Waals surface area contributed by atoms with Gasteiger partial charge < -0.3 is 10.1 Å². The highest BCUT2D eigenvalue weighted by Gasteiger charge is 2.04. The van der Waals surface area contributed by atoms with Crippen LogP contribution in [0.25, 0.3) is 10.8 Å². The summed E-state index contributed by atoms with van der Waals surface area (Å²) in [6.45, 7) is 0.597. The van der Waals surface area contributed by atoms with Gasteiger partial charge in [-0.1, -0.05) is 48.0 Å². The molecule has 1 aromatic heterocycles. The Hall–Kier alpha value is -2.79. The van der Waals surface area contributed by atoms with Crippen molar-refractivity contribution in [3.63, 3.8) is 0 Å².